The fraction of sp³-hybridized carbons (Fsp3) is 0.450. The number of thiophene rings is 1. The summed E-state index contributed by atoms with van der Waals surface area (Å²) in [5.41, 5.74) is 1.24. The summed E-state index contributed by atoms with van der Waals surface area (Å²) in [6.07, 6.45) is 1.05. The Morgan fingerprint density at radius 1 is 1.11 bits per heavy atom. The van der Waals surface area contributed by atoms with E-state index in [0.29, 0.717) is 36.2 Å². The van der Waals surface area contributed by atoms with E-state index in [-0.39, 0.29) is 10.8 Å². The molecule has 2 heterocycles. The molecule has 0 radical (unpaired) electrons. The van der Waals surface area contributed by atoms with E-state index < -0.39 is 10.0 Å². The van der Waals surface area contributed by atoms with Crippen LogP contribution < -0.4 is 5.32 Å². The number of piperidine rings is 1. The minimum atomic E-state index is -3.51. The Labute approximate surface area is 165 Å². The van der Waals surface area contributed by atoms with Crippen LogP contribution in [0.1, 0.15) is 40.4 Å². The molecule has 1 amide bonds. The molecule has 1 aliphatic rings. The number of rotatable bonds is 4. The zero-order valence-corrected chi connectivity index (χ0v) is 17.8. The fourth-order valence-electron chi connectivity index (χ4n) is 3.72. The van der Waals surface area contributed by atoms with E-state index in [1.54, 1.807) is 39.9 Å². The molecule has 3 rings (SSSR count). The zero-order valence-electron chi connectivity index (χ0n) is 16.2. The summed E-state index contributed by atoms with van der Waals surface area (Å²) in [6, 6.07) is 8.31. The molecule has 0 spiro atoms. The molecule has 1 saturated heterocycles. The van der Waals surface area contributed by atoms with Gasteiger partial charge in [-0.15, -0.1) is 11.3 Å². The van der Waals surface area contributed by atoms with Crippen molar-refractivity contribution in [1.82, 2.24) is 4.31 Å². The molecule has 7 heteroatoms. The highest BCUT2D eigenvalue weighted by Crippen LogP contribution is 2.27. The topological polar surface area (TPSA) is 66.5 Å². The average Bonchev–Trinajstić information content (AvgIpc) is 2.93. The summed E-state index contributed by atoms with van der Waals surface area (Å²) >= 11 is 1.58. The van der Waals surface area contributed by atoms with Crippen LogP contribution in [0.15, 0.2) is 35.2 Å². The number of amides is 1. The number of hydrogen-bond donors (Lipinski definition) is 1. The van der Waals surface area contributed by atoms with Crippen molar-refractivity contribution < 1.29 is 13.2 Å². The normalized spacial score (nSPS) is 21.2. The third-order valence-corrected chi connectivity index (χ3v) is 7.68. The molecule has 1 N–H and O–H groups in total. The van der Waals surface area contributed by atoms with Crippen molar-refractivity contribution >= 4 is 33.0 Å². The van der Waals surface area contributed by atoms with Gasteiger partial charge in [0.15, 0.2) is 0 Å². The molecule has 5 nitrogen and oxygen atoms in total. The van der Waals surface area contributed by atoms with Crippen molar-refractivity contribution in [3.63, 3.8) is 0 Å². The lowest BCUT2D eigenvalue weighted by Crippen LogP contribution is -2.42. The summed E-state index contributed by atoms with van der Waals surface area (Å²) in [7, 11) is -3.51. The lowest BCUT2D eigenvalue weighted by molar-refractivity contribution is 0.102. The number of aryl methyl sites for hydroxylation is 2. The van der Waals surface area contributed by atoms with Gasteiger partial charge in [0, 0.05) is 28.5 Å². The first kappa shape index (κ1) is 20.0. The predicted octanol–water partition coefficient (Wildman–Crippen LogP) is 4.28. The molecule has 1 aliphatic heterocycles. The van der Waals surface area contributed by atoms with Crippen LogP contribution in [0.25, 0.3) is 0 Å². The molecule has 0 unspecified atom stereocenters. The molecule has 2 aromatic rings. The van der Waals surface area contributed by atoms with Gasteiger partial charge in [0.05, 0.1) is 10.5 Å². The quantitative estimate of drug-likeness (QED) is 0.824. The van der Waals surface area contributed by atoms with Crippen LogP contribution in [0.5, 0.6) is 0 Å². The lowest BCUT2D eigenvalue weighted by Gasteiger charge is -2.34. The third kappa shape index (κ3) is 4.42. The van der Waals surface area contributed by atoms with Crippen LogP contribution in [-0.4, -0.2) is 31.7 Å². The molecule has 27 heavy (non-hydrogen) atoms. The Morgan fingerprint density at radius 3 is 2.22 bits per heavy atom. The first-order valence-electron chi connectivity index (χ1n) is 9.15. The smallest absolute Gasteiger partial charge is 0.256 e. The van der Waals surface area contributed by atoms with E-state index in [4.69, 9.17) is 0 Å². The first-order valence-corrected chi connectivity index (χ1v) is 11.4. The molecular weight excluding hydrogens is 380 g/mol. The van der Waals surface area contributed by atoms with Gasteiger partial charge in [0.1, 0.15) is 0 Å². The zero-order chi connectivity index (χ0) is 19.8. The number of nitrogens with zero attached hydrogens (tertiary/aromatic N) is 1. The van der Waals surface area contributed by atoms with Gasteiger partial charge >= 0.3 is 0 Å². The number of benzene rings is 1. The minimum Gasteiger partial charge on any atom is -0.322 e. The van der Waals surface area contributed by atoms with Gasteiger partial charge in [-0.1, -0.05) is 13.8 Å². The highest BCUT2D eigenvalue weighted by molar-refractivity contribution is 7.89. The van der Waals surface area contributed by atoms with Gasteiger partial charge in [-0.3, -0.25) is 4.79 Å². The van der Waals surface area contributed by atoms with Crippen LogP contribution in [0, 0.1) is 25.7 Å². The number of hydrogen-bond acceptors (Lipinski definition) is 4. The second kappa shape index (κ2) is 7.73. The molecule has 0 saturated carbocycles. The standard InChI is InChI=1S/C20H26N2O3S2/c1-13-9-14(2)12-22(11-13)27(24,25)18-7-5-17(6-8-18)21-20(23)19-10-15(3)26-16(19)4/h5-8,10,13-14H,9,11-12H2,1-4H3,(H,21,23)/t13-,14-/m0/s1. The Hall–Kier alpha value is -1.70. The largest absolute Gasteiger partial charge is 0.322 e. The van der Waals surface area contributed by atoms with Crippen LogP contribution >= 0.6 is 11.3 Å². The molecular formula is C20H26N2O3S2. The number of carbonyl (C=O) groups excluding carboxylic acids is 1. The second-order valence-corrected chi connectivity index (χ2v) is 11.0. The second-order valence-electron chi connectivity index (χ2n) is 7.57. The molecule has 0 aliphatic carbocycles. The maximum atomic E-state index is 12.9. The maximum absolute atomic E-state index is 12.9. The van der Waals surface area contributed by atoms with E-state index in [0.717, 1.165) is 16.2 Å². The minimum absolute atomic E-state index is 0.175. The van der Waals surface area contributed by atoms with Crippen molar-refractivity contribution in [2.75, 3.05) is 18.4 Å². The van der Waals surface area contributed by atoms with E-state index in [2.05, 4.69) is 19.2 Å². The van der Waals surface area contributed by atoms with E-state index in [1.165, 1.54) is 0 Å². The van der Waals surface area contributed by atoms with E-state index >= 15 is 0 Å². The van der Waals surface area contributed by atoms with E-state index in [9.17, 15) is 13.2 Å². The van der Waals surface area contributed by atoms with Crippen molar-refractivity contribution in [2.24, 2.45) is 11.8 Å². The maximum Gasteiger partial charge on any atom is 0.256 e. The first-order chi connectivity index (χ1) is 12.7. The van der Waals surface area contributed by atoms with Crippen LogP contribution in [0.2, 0.25) is 0 Å². The van der Waals surface area contributed by atoms with Crippen molar-refractivity contribution in [3.8, 4) is 0 Å². The molecule has 1 aromatic carbocycles. The van der Waals surface area contributed by atoms with Crippen molar-refractivity contribution in [1.29, 1.82) is 0 Å². The summed E-state index contributed by atoms with van der Waals surface area (Å²) in [5.74, 6) is 0.546. The van der Waals surface area contributed by atoms with Crippen LogP contribution in [-0.2, 0) is 10.0 Å². The highest BCUT2D eigenvalue weighted by Gasteiger charge is 2.31. The van der Waals surface area contributed by atoms with Gasteiger partial charge in [-0.25, -0.2) is 8.42 Å². The summed E-state index contributed by atoms with van der Waals surface area (Å²) in [6.45, 7) is 9.18. The monoisotopic (exact) mass is 406 g/mol. The lowest BCUT2D eigenvalue weighted by atomic mass is 9.94. The Balaban J connectivity index is 1.75. The average molecular weight is 407 g/mol. The van der Waals surface area contributed by atoms with Crippen molar-refractivity contribution in [2.45, 2.75) is 39.0 Å². The molecule has 146 valence electrons. The number of sulfonamides is 1. The van der Waals surface area contributed by atoms with E-state index in [1.807, 2.05) is 19.9 Å². The number of nitrogens with one attached hydrogen (secondary N) is 1. The molecule has 1 aromatic heterocycles. The van der Waals surface area contributed by atoms with Gasteiger partial charge < -0.3 is 5.32 Å². The van der Waals surface area contributed by atoms with Gasteiger partial charge in [0.2, 0.25) is 10.0 Å². The van der Waals surface area contributed by atoms with Crippen molar-refractivity contribution in [3.05, 3.63) is 45.6 Å². The summed E-state index contributed by atoms with van der Waals surface area (Å²) < 4.78 is 27.4. The highest BCUT2D eigenvalue weighted by atomic mass is 32.2. The SMILES string of the molecule is Cc1cc(C(=O)Nc2ccc(S(=O)(=O)N3C[C@@H](C)C[C@H](C)C3)cc2)c(C)s1. The predicted molar refractivity (Wildman–Crippen MR) is 110 cm³/mol. The molecule has 2 atom stereocenters. The molecule has 1 fully saturated rings. The van der Waals surface area contributed by atoms with Gasteiger partial charge in [-0.05, 0) is 62.4 Å². The number of carbonyl (C=O) groups is 1. The Bertz CT molecular complexity index is 923. The number of anilines is 1. The summed E-state index contributed by atoms with van der Waals surface area (Å²) in [5, 5.41) is 2.84. The fourth-order valence-corrected chi connectivity index (χ4v) is 6.32. The Morgan fingerprint density at radius 2 is 1.70 bits per heavy atom. The Kier molecular flexibility index (Phi) is 5.74. The third-order valence-electron chi connectivity index (χ3n) is 4.87. The van der Waals surface area contributed by atoms with Crippen LogP contribution in [0.3, 0.4) is 0 Å². The van der Waals surface area contributed by atoms with Gasteiger partial charge in [-0.2, -0.15) is 4.31 Å². The molecule has 0 bridgehead atoms. The van der Waals surface area contributed by atoms with Gasteiger partial charge in [0.25, 0.3) is 5.91 Å². The van der Waals surface area contributed by atoms with Crippen LogP contribution in [0.4, 0.5) is 5.69 Å². The summed E-state index contributed by atoms with van der Waals surface area (Å²) in [4.78, 5) is 14.7.